The molecule has 1 aliphatic heterocycles. The molecule has 13 nitrogen and oxygen atoms in total. The van der Waals surface area contributed by atoms with Crippen LogP contribution in [0.1, 0.15) is 137 Å². The normalized spacial score (nSPS) is 23.5. The Morgan fingerprint density at radius 3 is 2.06 bits per heavy atom. The Balaban J connectivity index is 1.52. The number of primary sulfonamides is 1. The average molecular weight is 710 g/mol. The van der Waals surface area contributed by atoms with Crippen molar-refractivity contribution in [2.45, 2.75) is 173 Å². The molecule has 0 aromatic carbocycles. The van der Waals surface area contributed by atoms with E-state index in [1.165, 1.54) is 9.62 Å². The molecule has 4 aliphatic rings. The van der Waals surface area contributed by atoms with Crippen molar-refractivity contribution in [3.63, 3.8) is 0 Å². The Morgan fingerprint density at radius 2 is 1.49 bits per heavy atom. The van der Waals surface area contributed by atoms with Crippen molar-refractivity contribution < 1.29 is 37.1 Å². The second-order valence-electron chi connectivity index (χ2n) is 16.5. The van der Waals surface area contributed by atoms with Gasteiger partial charge in [0.2, 0.25) is 17.6 Å². The quantitative estimate of drug-likeness (QED) is 0.171. The van der Waals surface area contributed by atoms with E-state index in [0.717, 1.165) is 64.2 Å². The summed E-state index contributed by atoms with van der Waals surface area (Å²) in [4.78, 5) is 69.2. The predicted octanol–water partition coefficient (Wildman–Crippen LogP) is 2.14. The van der Waals surface area contributed by atoms with Crippen molar-refractivity contribution in [1.29, 1.82) is 0 Å². The fraction of sp³-hybridized carbons (Fsp3) is 0.857. The zero-order chi connectivity index (χ0) is 36.0. The number of rotatable bonds is 14. The van der Waals surface area contributed by atoms with Crippen LogP contribution in [0.25, 0.3) is 0 Å². The Bertz CT molecular complexity index is 1330. The summed E-state index contributed by atoms with van der Waals surface area (Å²) in [6.45, 7) is 9.70. The Hall–Kier alpha value is -2.74. The van der Waals surface area contributed by atoms with E-state index in [0.29, 0.717) is 45.1 Å². The molecule has 0 aromatic rings. The lowest BCUT2D eigenvalue weighted by molar-refractivity contribution is -0.574. The molecule has 1 heterocycles. The van der Waals surface area contributed by atoms with Crippen molar-refractivity contribution in [1.82, 2.24) is 26.2 Å². The number of nitrogens with two attached hydrogens (primary N) is 1. The second kappa shape index (κ2) is 16.1. The van der Waals surface area contributed by atoms with Gasteiger partial charge in [0.25, 0.3) is 15.9 Å². The van der Waals surface area contributed by atoms with Gasteiger partial charge < -0.3 is 26.2 Å². The predicted molar refractivity (Wildman–Crippen MR) is 186 cm³/mol. The summed E-state index contributed by atoms with van der Waals surface area (Å²) in [5.41, 5.74) is -2.06. The summed E-state index contributed by atoms with van der Waals surface area (Å²) < 4.78 is 27.9. The fourth-order valence-corrected chi connectivity index (χ4v) is 10.3. The van der Waals surface area contributed by atoms with Crippen LogP contribution in [0.5, 0.6) is 0 Å². The summed E-state index contributed by atoms with van der Waals surface area (Å²) >= 11 is 0. The van der Waals surface area contributed by atoms with E-state index < -0.39 is 68.3 Å². The maximum absolute atomic E-state index is 14.5. The highest BCUT2D eigenvalue weighted by molar-refractivity contribution is 7.84. The molecule has 3 aliphatic carbocycles. The topological polar surface area (TPSA) is 187 Å². The molecule has 3 atom stereocenters. The molecule has 1 unspecified atom stereocenters. The number of carbonyl (C=O) groups is 5. The molecule has 0 aromatic heterocycles. The molecule has 0 radical (unpaired) electrons. The largest absolute Gasteiger partial charge is 0.347 e. The molecule has 278 valence electrons. The smallest absolute Gasteiger partial charge is 0.315 e. The van der Waals surface area contributed by atoms with Crippen LogP contribution in [0.2, 0.25) is 0 Å². The number of sulfonamides is 1. The second-order valence-corrected chi connectivity index (χ2v) is 18.4. The van der Waals surface area contributed by atoms with Crippen LogP contribution in [0, 0.1) is 5.41 Å². The summed E-state index contributed by atoms with van der Waals surface area (Å²) in [7, 11) is -3.62. The first kappa shape index (κ1) is 39.1. The summed E-state index contributed by atoms with van der Waals surface area (Å²) in [6.07, 6.45) is 11.4. The highest BCUT2D eigenvalue weighted by Crippen LogP contribution is 2.40. The van der Waals surface area contributed by atoms with Crippen molar-refractivity contribution in [2.75, 3.05) is 12.3 Å². The molecular formula is C35H61N6O7S+. The van der Waals surface area contributed by atoms with Gasteiger partial charge in [0, 0.05) is 12.6 Å². The molecule has 6 N–H and O–H groups in total. The van der Waals surface area contributed by atoms with Crippen molar-refractivity contribution in [3.8, 4) is 0 Å². The van der Waals surface area contributed by atoms with E-state index >= 15 is 0 Å². The number of amides is 5. The first-order valence-corrected chi connectivity index (χ1v) is 20.3. The SMILES string of the molecule is CCCC(NC(=O)[C@@H]1CCCN1C(=O)[C@@H](NC(=O)NC1(CS(=O)(=O)[NH2+]C(C)(C)C)CCCCC1)C1(C)CCCCC1)C(=O)C(=O)NC1CC1. The lowest BCUT2D eigenvalue weighted by atomic mass is 9.70. The van der Waals surface area contributed by atoms with Crippen LogP contribution in [0.3, 0.4) is 0 Å². The lowest BCUT2D eigenvalue weighted by Crippen LogP contribution is -2.97. The van der Waals surface area contributed by atoms with E-state index in [4.69, 9.17) is 0 Å². The van der Waals surface area contributed by atoms with Gasteiger partial charge in [-0.2, -0.15) is 8.42 Å². The van der Waals surface area contributed by atoms with Crippen molar-refractivity contribution >= 4 is 39.6 Å². The average Bonchev–Trinajstić information content (AvgIpc) is 3.68. The molecule has 14 heteroatoms. The van der Waals surface area contributed by atoms with Crippen molar-refractivity contribution in [3.05, 3.63) is 0 Å². The first-order chi connectivity index (χ1) is 23.0. The van der Waals surface area contributed by atoms with Gasteiger partial charge in [0.1, 0.15) is 23.4 Å². The van der Waals surface area contributed by atoms with E-state index in [1.54, 1.807) is 0 Å². The van der Waals surface area contributed by atoms with E-state index in [1.807, 2.05) is 34.6 Å². The van der Waals surface area contributed by atoms with Gasteiger partial charge >= 0.3 is 6.03 Å². The molecule has 4 fully saturated rings. The molecule has 0 bridgehead atoms. The van der Waals surface area contributed by atoms with Gasteiger partial charge in [-0.05, 0) is 84.0 Å². The monoisotopic (exact) mass is 709 g/mol. The van der Waals surface area contributed by atoms with Crippen molar-refractivity contribution in [2.24, 2.45) is 5.41 Å². The zero-order valence-corrected chi connectivity index (χ0v) is 31.1. The van der Waals surface area contributed by atoms with Crippen LogP contribution < -0.4 is 26.0 Å². The number of nitrogens with zero attached hydrogens (tertiary/aromatic N) is 1. The van der Waals surface area contributed by atoms with E-state index in [9.17, 15) is 32.4 Å². The van der Waals surface area contributed by atoms with Crippen LogP contribution in [-0.2, 0) is 29.2 Å². The maximum atomic E-state index is 14.5. The Morgan fingerprint density at radius 1 is 0.878 bits per heavy atom. The minimum absolute atomic E-state index is 0.0133. The van der Waals surface area contributed by atoms with Gasteiger partial charge in [0.15, 0.2) is 0 Å². The number of likely N-dealkylation sites (tertiary alicyclic amines) is 1. The first-order valence-electron chi connectivity index (χ1n) is 18.6. The van der Waals surface area contributed by atoms with Crippen LogP contribution in [0.4, 0.5) is 4.79 Å². The Labute approximate surface area is 292 Å². The third-order valence-corrected chi connectivity index (χ3v) is 12.6. The number of carbonyl (C=O) groups excluding carboxylic acids is 5. The van der Waals surface area contributed by atoms with Crippen LogP contribution in [-0.4, -0.2) is 90.4 Å². The minimum atomic E-state index is -3.62. The van der Waals surface area contributed by atoms with E-state index in [2.05, 4.69) is 21.3 Å². The van der Waals surface area contributed by atoms with Crippen LogP contribution in [0.15, 0.2) is 0 Å². The number of hydrogen-bond donors (Lipinski definition) is 5. The van der Waals surface area contributed by atoms with Gasteiger partial charge in [-0.15, -0.1) is 0 Å². The molecular weight excluding hydrogens is 648 g/mol. The molecule has 1 saturated heterocycles. The number of urea groups is 1. The molecule has 3 saturated carbocycles. The highest BCUT2D eigenvalue weighted by Gasteiger charge is 2.48. The highest BCUT2D eigenvalue weighted by atomic mass is 32.2. The standard InChI is InChI=1S/C35H60N6O7S/c1-6-14-25(27(42)30(44)36-24-16-17-24)37-29(43)26-15-13-22-41(26)31(45)28(34(5)18-9-7-10-19-34)38-32(46)39-35(20-11-8-12-21-35)23-49(47,48)40-33(2,3)4/h24-26,28,40H,6-23H2,1-5H3,(H,36,44)(H,37,43)(H2,38,39,46)/p+1/t25?,26-,28+/m0/s1. The van der Waals surface area contributed by atoms with Gasteiger partial charge in [-0.3, -0.25) is 19.2 Å². The number of nitrogens with one attached hydrogen (secondary N) is 4. The number of ketones is 1. The molecule has 49 heavy (non-hydrogen) atoms. The molecule has 4 rings (SSSR count). The van der Waals surface area contributed by atoms with E-state index in [-0.39, 0.29) is 17.7 Å². The molecule has 0 spiro atoms. The fourth-order valence-electron chi connectivity index (χ4n) is 8.03. The summed E-state index contributed by atoms with van der Waals surface area (Å²) in [5.74, 6) is -2.40. The summed E-state index contributed by atoms with van der Waals surface area (Å²) in [5, 5.41) is 11.5. The number of hydrogen-bond acceptors (Lipinski definition) is 7. The van der Waals surface area contributed by atoms with Crippen LogP contribution >= 0.6 is 0 Å². The Kier molecular flexibility index (Phi) is 12.8. The maximum Gasteiger partial charge on any atom is 0.315 e. The van der Waals surface area contributed by atoms with Gasteiger partial charge in [-0.1, -0.05) is 58.8 Å². The third-order valence-electron chi connectivity index (χ3n) is 10.6. The summed E-state index contributed by atoms with van der Waals surface area (Å²) in [6, 6.07) is -3.32. The number of Topliss-reactive ketones (excluding diaryl/α,β-unsaturated/α-hetero) is 1. The third kappa shape index (κ3) is 10.9. The van der Waals surface area contributed by atoms with Gasteiger partial charge in [-0.25, -0.2) is 9.52 Å². The lowest BCUT2D eigenvalue weighted by Gasteiger charge is -2.43. The zero-order valence-electron chi connectivity index (χ0n) is 30.3. The number of quaternary nitrogens is 1. The van der Waals surface area contributed by atoms with Gasteiger partial charge in [0.05, 0.1) is 11.6 Å². The molecule has 5 amide bonds. The minimum Gasteiger partial charge on any atom is -0.347 e.